The zero-order chi connectivity index (χ0) is 16.9. The molecule has 1 aromatic carbocycles. The quantitative estimate of drug-likeness (QED) is 0.780. The van der Waals surface area contributed by atoms with Gasteiger partial charge < -0.3 is 20.4 Å². The molecule has 3 N–H and O–H groups in total. The number of piperidine rings is 1. The van der Waals surface area contributed by atoms with Gasteiger partial charge in [-0.05, 0) is 55.7 Å². The first-order valence-electron chi connectivity index (χ1n) is 8.42. The van der Waals surface area contributed by atoms with Gasteiger partial charge >= 0.3 is 6.03 Å². The van der Waals surface area contributed by atoms with E-state index in [-0.39, 0.29) is 29.8 Å². The number of aromatic hydroxyl groups is 1. The van der Waals surface area contributed by atoms with Crippen molar-refractivity contribution in [2.75, 3.05) is 19.7 Å². The smallest absolute Gasteiger partial charge is 0.317 e. The Kier molecular flexibility index (Phi) is 5.88. The van der Waals surface area contributed by atoms with E-state index in [1.54, 1.807) is 12.1 Å². The number of amides is 2. The number of hydrogen-bond donors (Lipinski definition) is 3. The van der Waals surface area contributed by atoms with E-state index in [1.165, 1.54) is 0 Å². The van der Waals surface area contributed by atoms with Crippen molar-refractivity contribution in [1.29, 1.82) is 0 Å². The van der Waals surface area contributed by atoms with Crippen LogP contribution in [0.5, 0.6) is 5.75 Å². The highest BCUT2D eigenvalue weighted by Gasteiger charge is 2.34. The molecule has 0 bridgehead atoms. The Morgan fingerprint density at radius 2 is 1.91 bits per heavy atom. The average molecular weight is 320 g/mol. The largest absolute Gasteiger partial charge is 0.508 e. The standard InChI is InChI=1S/C18H28N2O3/c1-3-18(13-21)8-10-20(11-9-18)17(23)19-14(2)12-15-4-6-16(22)7-5-15/h4-7,14,21-22H,3,8-13H2,1-2H3,(H,19,23). The second kappa shape index (κ2) is 7.68. The second-order valence-corrected chi connectivity index (χ2v) is 6.72. The molecule has 5 nitrogen and oxygen atoms in total. The second-order valence-electron chi connectivity index (χ2n) is 6.72. The molecule has 1 saturated heterocycles. The number of benzene rings is 1. The van der Waals surface area contributed by atoms with E-state index in [0.717, 1.165) is 31.2 Å². The van der Waals surface area contributed by atoms with Gasteiger partial charge in [-0.2, -0.15) is 0 Å². The summed E-state index contributed by atoms with van der Waals surface area (Å²) in [6.45, 7) is 5.69. The number of nitrogens with one attached hydrogen (secondary N) is 1. The first kappa shape index (κ1) is 17.6. The first-order chi connectivity index (χ1) is 11.0. The van der Waals surface area contributed by atoms with Crippen molar-refractivity contribution in [3.8, 4) is 5.75 Å². The third-order valence-corrected chi connectivity index (χ3v) is 5.04. The van der Waals surface area contributed by atoms with E-state index in [1.807, 2.05) is 24.0 Å². The van der Waals surface area contributed by atoms with Crippen molar-refractivity contribution in [2.24, 2.45) is 5.41 Å². The van der Waals surface area contributed by atoms with Crippen LogP contribution in [0.3, 0.4) is 0 Å². The number of rotatable bonds is 5. The third-order valence-electron chi connectivity index (χ3n) is 5.04. The zero-order valence-electron chi connectivity index (χ0n) is 14.1. The van der Waals surface area contributed by atoms with Crippen molar-refractivity contribution >= 4 is 6.03 Å². The Hall–Kier alpha value is -1.75. The van der Waals surface area contributed by atoms with Crippen molar-refractivity contribution in [3.63, 3.8) is 0 Å². The fraction of sp³-hybridized carbons (Fsp3) is 0.611. The number of phenols is 1. The predicted octanol–water partition coefficient (Wildman–Crippen LogP) is 2.52. The van der Waals surface area contributed by atoms with Crippen LogP contribution in [0.15, 0.2) is 24.3 Å². The van der Waals surface area contributed by atoms with Gasteiger partial charge in [0.2, 0.25) is 0 Å². The first-order valence-corrected chi connectivity index (χ1v) is 8.42. The van der Waals surface area contributed by atoms with Gasteiger partial charge in [0.05, 0.1) is 0 Å². The van der Waals surface area contributed by atoms with E-state index < -0.39 is 0 Å². The summed E-state index contributed by atoms with van der Waals surface area (Å²) >= 11 is 0. The van der Waals surface area contributed by atoms with Crippen LogP contribution in [0.1, 0.15) is 38.7 Å². The lowest BCUT2D eigenvalue weighted by Gasteiger charge is -2.40. The topological polar surface area (TPSA) is 72.8 Å². The van der Waals surface area contributed by atoms with E-state index >= 15 is 0 Å². The highest BCUT2D eigenvalue weighted by Crippen LogP contribution is 2.34. The van der Waals surface area contributed by atoms with E-state index in [0.29, 0.717) is 13.1 Å². The normalized spacial score (nSPS) is 18.5. The molecule has 0 aromatic heterocycles. The molecule has 2 amide bonds. The van der Waals surface area contributed by atoms with Gasteiger partial charge in [0.15, 0.2) is 0 Å². The Morgan fingerprint density at radius 1 is 1.30 bits per heavy atom. The Morgan fingerprint density at radius 3 is 2.43 bits per heavy atom. The van der Waals surface area contributed by atoms with Gasteiger partial charge in [0.1, 0.15) is 5.75 Å². The number of hydrogen-bond acceptors (Lipinski definition) is 3. The van der Waals surface area contributed by atoms with Crippen LogP contribution >= 0.6 is 0 Å². The molecule has 5 heteroatoms. The van der Waals surface area contributed by atoms with E-state index in [2.05, 4.69) is 12.2 Å². The Balaban J connectivity index is 1.81. The SMILES string of the molecule is CCC1(CO)CCN(C(=O)NC(C)Cc2ccc(O)cc2)CC1. The van der Waals surface area contributed by atoms with Gasteiger partial charge in [-0.25, -0.2) is 4.79 Å². The fourth-order valence-corrected chi connectivity index (χ4v) is 3.15. The summed E-state index contributed by atoms with van der Waals surface area (Å²) in [5.41, 5.74) is 1.08. The molecule has 0 radical (unpaired) electrons. The molecule has 128 valence electrons. The molecule has 1 heterocycles. The molecular weight excluding hydrogens is 292 g/mol. The van der Waals surface area contributed by atoms with Crippen LogP contribution in [-0.2, 0) is 6.42 Å². The Bertz CT molecular complexity index is 502. The molecule has 1 aliphatic heterocycles. The highest BCUT2D eigenvalue weighted by atomic mass is 16.3. The van der Waals surface area contributed by atoms with Crippen LogP contribution in [0.2, 0.25) is 0 Å². The van der Waals surface area contributed by atoms with Crippen LogP contribution in [0.25, 0.3) is 0 Å². The minimum absolute atomic E-state index is 0.00552. The minimum Gasteiger partial charge on any atom is -0.508 e. The summed E-state index contributed by atoms with van der Waals surface area (Å²) in [7, 11) is 0. The maximum absolute atomic E-state index is 12.4. The molecule has 0 aliphatic carbocycles. The summed E-state index contributed by atoms with van der Waals surface area (Å²) in [6, 6.07) is 7.06. The van der Waals surface area contributed by atoms with E-state index in [4.69, 9.17) is 0 Å². The monoisotopic (exact) mass is 320 g/mol. The van der Waals surface area contributed by atoms with E-state index in [9.17, 15) is 15.0 Å². The summed E-state index contributed by atoms with van der Waals surface area (Å²) < 4.78 is 0. The number of likely N-dealkylation sites (tertiary alicyclic amines) is 1. The number of carbonyl (C=O) groups excluding carboxylic acids is 1. The summed E-state index contributed by atoms with van der Waals surface area (Å²) in [4.78, 5) is 14.2. The van der Waals surface area contributed by atoms with Crippen LogP contribution in [-0.4, -0.2) is 46.9 Å². The predicted molar refractivity (Wildman–Crippen MR) is 90.4 cm³/mol. The molecular formula is C18H28N2O3. The maximum atomic E-state index is 12.4. The molecule has 2 rings (SSSR count). The number of aliphatic hydroxyl groups excluding tert-OH is 1. The van der Waals surface area contributed by atoms with Crippen molar-refractivity contribution < 1.29 is 15.0 Å². The fourth-order valence-electron chi connectivity index (χ4n) is 3.15. The minimum atomic E-state index is -0.0288. The van der Waals surface area contributed by atoms with Crippen molar-refractivity contribution in [2.45, 2.75) is 45.6 Å². The lowest BCUT2D eigenvalue weighted by Crippen LogP contribution is -2.50. The van der Waals surface area contributed by atoms with Crippen molar-refractivity contribution in [3.05, 3.63) is 29.8 Å². The van der Waals surface area contributed by atoms with Gasteiger partial charge in [0, 0.05) is 25.7 Å². The number of aliphatic hydroxyl groups is 1. The molecule has 1 aromatic rings. The molecule has 23 heavy (non-hydrogen) atoms. The average Bonchev–Trinajstić information content (AvgIpc) is 2.57. The Labute approximate surface area is 138 Å². The number of urea groups is 1. The van der Waals surface area contributed by atoms with Crippen molar-refractivity contribution in [1.82, 2.24) is 10.2 Å². The molecule has 1 atom stereocenters. The number of carbonyl (C=O) groups is 1. The summed E-state index contributed by atoms with van der Waals surface area (Å²) in [5.74, 6) is 0.252. The lowest BCUT2D eigenvalue weighted by atomic mass is 9.77. The van der Waals surface area contributed by atoms with Gasteiger partial charge in [-0.1, -0.05) is 19.1 Å². The van der Waals surface area contributed by atoms with Gasteiger partial charge in [-0.15, -0.1) is 0 Å². The number of phenolic OH excluding ortho intramolecular Hbond substituents is 1. The van der Waals surface area contributed by atoms with Gasteiger partial charge in [-0.3, -0.25) is 0 Å². The van der Waals surface area contributed by atoms with Gasteiger partial charge in [0.25, 0.3) is 0 Å². The molecule has 1 unspecified atom stereocenters. The van der Waals surface area contributed by atoms with Crippen LogP contribution in [0, 0.1) is 5.41 Å². The highest BCUT2D eigenvalue weighted by molar-refractivity contribution is 5.74. The number of nitrogens with zero attached hydrogens (tertiary/aromatic N) is 1. The zero-order valence-corrected chi connectivity index (χ0v) is 14.1. The summed E-state index contributed by atoms with van der Waals surface area (Å²) in [6.07, 6.45) is 3.41. The molecule has 0 saturated carbocycles. The molecule has 0 spiro atoms. The lowest BCUT2D eigenvalue weighted by molar-refractivity contribution is 0.0516. The maximum Gasteiger partial charge on any atom is 0.317 e. The molecule has 1 fully saturated rings. The van der Waals surface area contributed by atoms with Crippen LogP contribution in [0.4, 0.5) is 4.79 Å². The summed E-state index contributed by atoms with van der Waals surface area (Å²) in [5, 5.41) is 21.9. The third kappa shape index (κ3) is 4.61. The molecule has 1 aliphatic rings. The van der Waals surface area contributed by atoms with Crippen LogP contribution < -0.4 is 5.32 Å².